The fourth-order valence-corrected chi connectivity index (χ4v) is 4.42. The van der Waals surface area contributed by atoms with Gasteiger partial charge in [0, 0.05) is 12.7 Å². The lowest BCUT2D eigenvalue weighted by Crippen LogP contribution is -2.27. The molecule has 1 saturated heterocycles. The molecule has 34 heavy (non-hydrogen) atoms. The highest BCUT2D eigenvalue weighted by molar-refractivity contribution is 7.19. The number of carbonyl (C=O) groups is 2. The number of carbonyl (C=O) groups excluding carboxylic acids is 2. The Hall–Kier alpha value is -3.38. The number of nitrogens with one attached hydrogen (secondary N) is 3. The number of rotatable bonds is 5. The molecule has 3 heterocycles. The number of hydrogen-bond donors (Lipinski definition) is 3. The first kappa shape index (κ1) is 23.8. The van der Waals surface area contributed by atoms with Gasteiger partial charge in [-0.15, -0.1) is 0 Å². The van der Waals surface area contributed by atoms with Crippen LogP contribution in [0.15, 0.2) is 30.6 Å². The molecule has 1 aliphatic rings. The van der Waals surface area contributed by atoms with Gasteiger partial charge >= 0.3 is 6.09 Å². The summed E-state index contributed by atoms with van der Waals surface area (Å²) in [5, 5.41) is 12.6. The number of nitrogens with zero attached hydrogens (tertiary/aromatic N) is 3. The molecule has 1 atom stereocenters. The van der Waals surface area contributed by atoms with E-state index in [0.717, 1.165) is 43.0 Å². The lowest BCUT2D eigenvalue weighted by molar-refractivity contribution is 0.0636. The normalized spacial score (nSPS) is 15.9. The molecule has 3 N–H and O–H groups in total. The molecule has 0 spiro atoms. The molecule has 0 saturated carbocycles. The SMILES string of the molecule is CC(C)(C)OC(=O)Nc1sc(-c2c(F)cccc2F)nc1C(=O)Nc1cnn(C2CCNC2)c1. The minimum absolute atomic E-state index is 0.00297. The lowest BCUT2D eigenvalue weighted by atomic mass is 10.2. The van der Waals surface area contributed by atoms with Gasteiger partial charge in [-0.1, -0.05) is 17.4 Å². The molecule has 180 valence electrons. The van der Waals surface area contributed by atoms with Crippen molar-refractivity contribution in [2.75, 3.05) is 23.7 Å². The van der Waals surface area contributed by atoms with Crippen LogP contribution in [0.4, 0.5) is 24.3 Å². The summed E-state index contributed by atoms with van der Waals surface area (Å²) >= 11 is 0.767. The van der Waals surface area contributed by atoms with E-state index in [1.807, 2.05) is 0 Å². The van der Waals surface area contributed by atoms with E-state index in [4.69, 9.17) is 4.74 Å². The zero-order chi connectivity index (χ0) is 24.5. The van der Waals surface area contributed by atoms with E-state index in [2.05, 4.69) is 26.0 Å². The molecule has 1 fully saturated rings. The predicted molar refractivity (Wildman–Crippen MR) is 124 cm³/mol. The Morgan fingerprint density at radius 2 is 1.97 bits per heavy atom. The van der Waals surface area contributed by atoms with Crippen LogP contribution in [0.25, 0.3) is 10.6 Å². The van der Waals surface area contributed by atoms with Crippen LogP contribution in [-0.2, 0) is 4.74 Å². The zero-order valence-electron chi connectivity index (χ0n) is 18.8. The molecule has 0 aliphatic carbocycles. The fraction of sp³-hybridized carbons (Fsp3) is 0.364. The van der Waals surface area contributed by atoms with Gasteiger partial charge in [0.2, 0.25) is 0 Å². The Morgan fingerprint density at radius 1 is 1.24 bits per heavy atom. The number of hydrogen-bond acceptors (Lipinski definition) is 7. The summed E-state index contributed by atoms with van der Waals surface area (Å²) in [6, 6.07) is 3.59. The van der Waals surface area contributed by atoms with Crippen LogP contribution in [0.3, 0.4) is 0 Å². The first-order valence-corrected chi connectivity index (χ1v) is 11.4. The third-order valence-corrected chi connectivity index (χ3v) is 5.89. The summed E-state index contributed by atoms with van der Waals surface area (Å²) in [6.07, 6.45) is 3.29. The summed E-state index contributed by atoms with van der Waals surface area (Å²) in [7, 11) is 0. The Kier molecular flexibility index (Phi) is 6.62. The van der Waals surface area contributed by atoms with Crippen LogP contribution in [0, 0.1) is 11.6 Å². The fourth-order valence-electron chi connectivity index (χ4n) is 3.42. The maximum atomic E-state index is 14.4. The second-order valence-corrected chi connectivity index (χ2v) is 9.73. The molecule has 9 nitrogen and oxygen atoms in total. The van der Waals surface area contributed by atoms with Crippen LogP contribution < -0.4 is 16.0 Å². The summed E-state index contributed by atoms with van der Waals surface area (Å²) in [6.45, 7) is 6.72. The van der Waals surface area contributed by atoms with Crippen LogP contribution in [-0.4, -0.2) is 45.5 Å². The molecule has 1 unspecified atom stereocenters. The van der Waals surface area contributed by atoms with Crippen molar-refractivity contribution in [3.05, 3.63) is 47.9 Å². The van der Waals surface area contributed by atoms with Crippen LogP contribution >= 0.6 is 11.3 Å². The molecule has 1 aromatic carbocycles. The van der Waals surface area contributed by atoms with E-state index in [-0.39, 0.29) is 27.3 Å². The maximum Gasteiger partial charge on any atom is 0.412 e. The van der Waals surface area contributed by atoms with Crippen molar-refractivity contribution in [1.82, 2.24) is 20.1 Å². The molecule has 3 aromatic rings. The largest absolute Gasteiger partial charge is 0.444 e. The Bertz CT molecular complexity index is 1190. The van der Waals surface area contributed by atoms with Crippen LogP contribution in [0.5, 0.6) is 0 Å². The van der Waals surface area contributed by atoms with Gasteiger partial charge < -0.3 is 15.4 Å². The summed E-state index contributed by atoms with van der Waals surface area (Å²) in [5.74, 6) is -2.35. The molecule has 0 radical (unpaired) electrons. The highest BCUT2D eigenvalue weighted by Gasteiger charge is 2.26. The molecule has 2 amide bonds. The second kappa shape index (κ2) is 9.47. The van der Waals surface area contributed by atoms with Crippen LogP contribution in [0.2, 0.25) is 0 Å². The van der Waals surface area contributed by atoms with Gasteiger partial charge in [-0.2, -0.15) is 5.10 Å². The van der Waals surface area contributed by atoms with E-state index in [1.165, 1.54) is 12.3 Å². The molecule has 1 aliphatic heterocycles. The van der Waals surface area contributed by atoms with Crippen molar-refractivity contribution < 1.29 is 23.1 Å². The van der Waals surface area contributed by atoms with Gasteiger partial charge in [-0.3, -0.25) is 14.8 Å². The van der Waals surface area contributed by atoms with Crippen molar-refractivity contribution >= 4 is 34.0 Å². The molecule has 4 rings (SSSR count). The number of aromatic nitrogens is 3. The molecular formula is C22H24F2N6O3S. The van der Waals surface area contributed by atoms with Gasteiger partial charge in [-0.05, 0) is 45.9 Å². The maximum absolute atomic E-state index is 14.4. The third kappa shape index (κ3) is 5.39. The van der Waals surface area contributed by atoms with Gasteiger partial charge in [0.1, 0.15) is 27.2 Å². The second-order valence-electron chi connectivity index (χ2n) is 8.73. The highest BCUT2D eigenvalue weighted by Crippen LogP contribution is 2.35. The third-order valence-electron chi connectivity index (χ3n) is 4.90. The topological polar surface area (TPSA) is 110 Å². The minimum atomic E-state index is -0.837. The average molecular weight is 491 g/mol. The van der Waals surface area contributed by atoms with Crippen molar-refractivity contribution in [3.63, 3.8) is 0 Å². The summed E-state index contributed by atoms with van der Waals surface area (Å²) in [5.41, 5.74) is -0.961. The van der Waals surface area contributed by atoms with Crippen LogP contribution in [0.1, 0.15) is 43.7 Å². The smallest absolute Gasteiger partial charge is 0.412 e. The number of benzene rings is 1. The van der Waals surface area contributed by atoms with Gasteiger partial charge in [0.05, 0.1) is 23.5 Å². The molecular weight excluding hydrogens is 466 g/mol. The molecule has 0 bridgehead atoms. The van der Waals surface area contributed by atoms with E-state index in [9.17, 15) is 18.4 Å². The summed E-state index contributed by atoms with van der Waals surface area (Å²) < 4.78 is 35.7. The number of ether oxygens (including phenoxy) is 1. The van der Waals surface area contributed by atoms with Crippen molar-refractivity contribution in [3.8, 4) is 10.6 Å². The first-order valence-electron chi connectivity index (χ1n) is 10.6. The molecule has 12 heteroatoms. The van der Waals surface area contributed by atoms with E-state index in [0.29, 0.717) is 5.69 Å². The van der Waals surface area contributed by atoms with Crippen molar-refractivity contribution in [2.24, 2.45) is 0 Å². The number of amides is 2. The number of anilines is 2. The predicted octanol–water partition coefficient (Wildman–Crippen LogP) is 4.42. The minimum Gasteiger partial charge on any atom is -0.444 e. The van der Waals surface area contributed by atoms with Crippen molar-refractivity contribution in [2.45, 2.75) is 38.8 Å². The van der Waals surface area contributed by atoms with E-state index < -0.39 is 29.2 Å². The monoisotopic (exact) mass is 490 g/mol. The standard InChI is InChI=1S/C22H24F2N6O3S/c1-22(2,3)33-21(32)29-20-17(28-19(34-20)16-14(23)5-4-6-15(16)24)18(31)27-12-9-26-30(11-12)13-7-8-25-10-13/h4-6,9,11,13,25H,7-8,10H2,1-3H3,(H,27,31)(H,29,32). The highest BCUT2D eigenvalue weighted by atomic mass is 32.1. The van der Waals surface area contributed by atoms with Gasteiger partial charge in [0.25, 0.3) is 5.91 Å². The van der Waals surface area contributed by atoms with Gasteiger partial charge in [-0.25, -0.2) is 18.6 Å². The van der Waals surface area contributed by atoms with E-state index in [1.54, 1.807) is 31.6 Å². The lowest BCUT2D eigenvalue weighted by Gasteiger charge is -2.19. The molecule has 2 aromatic heterocycles. The number of halogens is 2. The Morgan fingerprint density at radius 3 is 2.62 bits per heavy atom. The quantitative estimate of drug-likeness (QED) is 0.489. The summed E-state index contributed by atoms with van der Waals surface area (Å²) in [4.78, 5) is 29.5. The van der Waals surface area contributed by atoms with E-state index >= 15 is 0 Å². The van der Waals surface area contributed by atoms with Gasteiger partial charge in [0.15, 0.2) is 5.69 Å². The zero-order valence-corrected chi connectivity index (χ0v) is 19.6. The first-order chi connectivity index (χ1) is 16.1. The Balaban J connectivity index is 1.63. The Labute approximate surface area is 198 Å². The number of thiazole rings is 1. The average Bonchev–Trinajstić information content (AvgIpc) is 3.47. The van der Waals surface area contributed by atoms with Crippen molar-refractivity contribution in [1.29, 1.82) is 0 Å².